The smallest absolute Gasteiger partial charge is 0.252 e. The third-order valence-corrected chi connectivity index (χ3v) is 8.75. The van der Waals surface area contributed by atoms with Crippen molar-refractivity contribution in [2.75, 3.05) is 49.1 Å². The number of hydrogen-bond donors (Lipinski definition) is 0. The summed E-state index contributed by atoms with van der Waals surface area (Å²) in [6, 6.07) is 5.56. The van der Waals surface area contributed by atoms with E-state index in [-0.39, 0.29) is 0 Å². The van der Waals surface area contributed by atoms with Gasteiger partial charge in [0.2, 0.25) is 5.95 Å². The lowest BCUT2D eigenvalue weighted by Crippen LogP contribution is -2.48. The van der Waals surface area contributed by atoms with Crippen LogP contribution in [0.4, 0.5) is 11.8 Å². The molecule has 0 radical (unpaired) electrons. The van der Waals surface area contributed by atoms with Crippen molar-refractivity contribution in [3.05, 3.63) is 29.3 Å². The highest BCUT2D eigenvalue weighted by Gasteiger charge is 2.30. The van der Waals surface area contributed by atoms with Crippen molar-refractivity contribution in [3.8, 4) is 0 Å². The summed E-state index contributed by atoms with van der Waals surface area (Å²) in [5.41, 5.74) is 0. The Bertz CT molecular complexity index is 885. The fraction of sp³-hybridized carbons (Fsp3) is 0.556. The van der Waals surface area contributed by atoms with Crippen LogP contribution in [0.1, 0.15) is 24.6 Å². The summed E-state index contributed by atoms with van der Waals surface area (Å²) < 4.78 is 27.8. The van der Waals surface area contributed by atoms with Crippen LogP contribution in [0.3, 0.4) is 0 Å². The number of hydrogen-bond acceptors (Lipinski definition) is 7. The van der Waals surface area contributed by atoms with Gasteiger partial charge in [-0.05, 0) is 37.5 Å². The first-order valence-electron chi connectivity index (χ1n) is 9.50. The second kappa shape index (κ2) is 7.73. The third-order valence-electron chi connectivity index (χ3n) is 5.16. The van der Waals surface area contributed by atoms with Crippen LogP contribution in [-0.2, 0) is 16.4 Å². The van der Waals surface area contributed by atoms with E-state index in [4.69, 9.17) is 4.98 Å². The highest BCUT2D eigenvalue weighted by atomic mass is 32.2. The lowest BCUT2D eigenvalue weighted by Gasteiger charge is -2.34. The van der Waals surface area contributed by atoms with Crippen LogP contribution in [0.2, 0.25) is 0 Å². The molecule has 0 spiro atoms. The predicted molar refractivity (Wildman–Crippen MR) is 108 cm³/mol. The van der Waals surface area contributed by atoms with Gasteiger partial charge >= 0.3 is 0 Å². The molecule has 2 aromatic heterocycles. The largest absolute Gasteiger partial charge is 0.354 e. The van der Waals surface area contributed by atoms with Crippen LogP contribution in [0.5, 0.6) is 0 Å². The Balaban J connectivity index is 1.43. The highest BCUT2D eigenvalue weighted by molar-refractivity contribution is 7.91. The van der Waals surface area contributed by atoms with E-state index in [0.717, 1.165) is 36.2 Å². The average molecular weight is 408 g/mol. The van der Waals surface area contributed by atoms with Crippen molar-refractivity contribution in [3.63, 3.8) is 0 Å². The first-order valence-corrected chi connectivity index (χ1v) is 11.8. The third kappa shape index (κ3) is 3.81. The molecule has 0 saturated carbocycles. The zero-order valence-electron chi connectivity index (χ0n) is 15.5. The standard InChI is InChI=1S/C18H25N5O2S2/c1-2-15-5-6-17(26-15)27(24,25)23-13-11-21(12-14-23)16-7-8-19-18(20-16)22-9-3-4-10-22/h5-8H,2-4,9-14H2,1H3. The molecule has 0 aromatic carbocycles. The fourth-order valence-corrected chi connectivity index (χ4v) is 6.43. The normalized spacial score (nSPS) is 19.0. The minimum atomic E-state index is -3.39. The maximum atomic E-state index is 12.9. The van der Waals surface area contributed by atoms with E-state index in [9.17, 15) is 8.42 Å². The maximum absolute atomic E-state index is 12.9. The van der Waals surface area contributed by atoms with Crippen LogP contribution >= 0.6 is 11.3 Å². The van der Waals surface area contributed by atoms with E-state index in [1.54, 1.807) is 16.6 Å². The molecule has 27 heavy (non-hydrogen) atoms. The molecule has 146 valence electrons. The molecule has 0 atom stereocenters. The molecule has 0 N–H and O–H groups in total. The van der Waals surface area contributed by atoms with Crippen LogP contribution in [0, 0.1) is 0 Å². The molecule has 0 bridgehead atoms. The molecular weight excluding hydrogens is 382 g/mol. The molecule has 4 heterocycles. The van der Waals surface area contributed by atoms with Gasteiger partial charge in [-0.15, -0.1) is 11.3 Å². The molecule has 0 aliphatic carbocycles. The maximum Gasteiger partial charge on any atom is 0.252 e. The summed E-state index contributed by atoms with van der Waals surface area (Å²) in [6.07, 6.45) is 5.04. The van der Waals surface area contributed by atoms with E-state index in [2.05, 4.69) is 14.8 Å². The molecule has 2 saturated heterocycles. The SMILES string of the molecule is CCc1ccc(S(=O)(=O)N2CCN(c3ccnc(N4CCCC4)n3)CC2)s1. The number of thiophene rings is 1. The summed E-state index contributed by atoms with van der Waals surface area (Å²) in [7, 11) is -3.39. The number of piperazine rings is 1. The molecule has 2 aromatic rings. The van der Waals surface area contributed by atoms with Crippen molar-refractivity contribution < 1.29 is 8.42 Å². The van der Waals surface area contributed by atoms with Crippen molar-refractivity contribution >= 4 is 33.1 Å². The quantitative estimate of drug-likeness (QED) is 0.757. The minimum Gasteiger partial charge on any atom is -0.354 e. The Kier molecular flexibility index (Phi) is 5.34. The Morgan fingerprint density at radius 2 is 1.74 bits per heavy atom. The molecule has 0 amide bonds. The molecule has 4 rings (SSSR count). The number of aryl methyl sites for hydroxylation is 1. The lowest BCUT2D eigenvalue weighted by molar-refractivity contribution is 0.384. The van der Waals surface area contributed by atoms with E-state index in [1.165, 1.54) is 24.2 Å². The molecule has 2 aliphatic rings. The molecule has 0 unspecified atom stereocenters. The van der Waals surface area contributed by atoms with Gasteiger partial charge in [-0.2, -0.15) is 9.29 Å². The van der Waals surface area contributed by atoms with Gasteiger partial charge < -0.3 is 9.80 Å². The molecule has 9 heteroatoms. The zero-order valence-corrected chi connectivity index (χ0v) is 17.2. The van der Waals surface area contributed by atoms with E-state index in [0.29, 0.717) is 30.4 Å². The van der Waals surface area contributed by atoms with Gasteiger partial charge in [-0.25, -0.2) is 13.4 Å². The minimum absolute atomic E-state index is 0.450. The summed E-state index contributed by atoms with van der Waals surface area (Å²) in [4.78, 5) is 14.6. The molecule has 2 fully saturated rings. The fourth-order valence-electron chi connectivity index (χ4n) is 3.56. The Morgan fingerprint density at radius 3 is 2.41 bits per heavy atom. The summed E-state index contributed by atoms with van der Waals surface area (Å²) in [5.74, 6) is 1.67. The van der Waals surface area contributed by atoms with Gasteiger partial charge in [-0.3, -0.25) is 0 Å². The van der Waals surface area contributed by atoms with Crippen LogP contribution in [0.15, 0.2) is 28.6 Å². The number of sulfonamides is 1. The highest BCUT2D eigenvalue weighted by Crippen LogP contribution is 2.27. The van der Waals surface area contributed by atoms with Crippen LogP contribution < -0.4 is 9.80 Å². The molecular formula is C18H25N5O2S2. The number of nitrogens with zero attached hydrogens (tertiary/aromatic N) is 5. The predicted octanol–water partition coefficient (Wildman–Crippen LogP) is 2.21. The topological polar surface area (TPSA) is 69.6 Å². The summed E-state index contributed by atoms with van der Waals surface area (Å²) in [6.45, 7) is 6.30. The van der Waals surface area contributed by atoms with Crippen LogP contribution in [0.25, 0.3) is 0 Å². The first kappa shape index (κ1) is 18.6. The average Bonchev–Trinajstić information content (AvgIpc) is 3.40. The van der Waals surface area contributed by atoms with E-state index in [1.807, 2.05) is 19.1 Å². The van der Waals surface area contributed by atoms with E-state index >= 15 is 0 Å². The second-order valence-electron chi connectivity index (χ2n) is 6.87. The Hall–Kier alpha value is -1.71. The lowest BCUT2D eigenvalue weighted by atomic mass is 10.3. The molecule has 7 nitrogen and oxygen atoms in total. The van der Waals surface area contributed by atoms with Crippen LogP contribution in [-0.4, -0.2) is 62.0 Å². The van der Waals surface area contributed by atoms with Gasteiger partial charge in [0.25, 0.3) is 10.0 Å². The Morgan fingerprint density at radius 1 is 1.00 bits per heavy atom. The van der Waals surface area contributed by atoms with Gasteiger partial charge in [0.05, 0.1) is 0 Å². The number of rotatable bonds is 5. The summed E-state index contributed by atoms with van der Waals surface area (Å²) in [5, 5.41) is 0. The van der Waals surface area contributed by atoms with Gasteiger partial charge in [0.15, 0.2) is 0 Å². The summed E-state index contributed by atoms with van der Waals surface area (Å²) >= 11 is 1.38. The van der Waals surface area contributed by atoms with E-state index < -0.39 is 10.0 Å². The second-order valence-corrected chi connectivity index (χ2v) is 10.2. The number of anilines is 2. The van der Waals surface area contributed by atoms with Gasteiger partial charge in [0, 0.05) is 50.3 Å². The van der Waals surface area contributed by atoms with Crippen molar-refractivity contribution in [1.82, 2.24) is 14.3 Å². The molecule has 2 aliphatic heterocycles. The van der Waals surface area contributed by atoms with Crippen molar-refractivity contribution in [2.24, 2.45) is 0 Å². The Labute approximate surface area is 164 Å². The monoisotopic (exact) mass is 407 g/mol. The first-order chi connectivity index (χ1) is 13.1. The van der Waals surface area contributed by atoms with Gasteiger partial charge in [0.1, 0.15) is 10.0 Å². The number of aromatic nitrogens is 2. The zero-order chi connectivity index (χ0) is 18.9. The van der Waals surface area contributed by atoms with Crippen molar-refractivity contribution in [2.45, 2.75) is 30.4 Å². The van der Waals surface area contributed by atoms with Gasteiger partial charge in [-0.1, -0.05) is 6.92 Å². The van der Waals surface area contributed by atoms with Crippen molar-refractivity contribution in [1.29, 1.82) is 0 Å².